The van der Waals surface area contributed by atoms with Gasteiger partial charge in [0, 0.05) is 31.5 Å². The minimum absolute atomic E-state index is 0.00370. The monoisotopic (exact) mass is 302 g/mol. The lowest BCUT2D eigenvalue weighted by molar-refractivity contribution is 0.00182. The number of hydrogen-bond donors (Lipinski definition) is 0. The first-order valence-corrected chi connectivity index (χ1v) is 7.91. The van der Waals surface area contributed by atoms with Crippen molar-refractivity contribution in [2.24, 2.45) is 0 Å². The maximum Gasteiger partial charge on any atom is 0.272 e. The standard InChI is InChI=1S/C16H22N4O2/c1-3-9-22-13-5-4-8-19(11-13)16(21)14-10-12(2)18-15-6-7-17-20(14)15/h6-7,10,13H,3-5,8-9,11H2,1-2H3/t13-/m1/s1. The molecular weight excluding hydrogens is 280 g/mol. The molecule has 0 aliphatic carbocycles. The molecule has 2 aromatic heterocycles. The quantitative estimate of drug-likeness (QED) is 0.867. The molecule has 6 heteroatoms. The van der Waals surface area contributed by atoms with Gasteiger partial charge in [-0.05, 0) is 32.3 Å². The maximum atomic E-state index is 12.9. The van der Waals surface area contributed by atoms with E-state index in [0.717, 1.165) is 38.1 Å². The molecule has 0 saturated carbocycles. The minimum Gasteiger partial charge on any atom is -0.376 e. The van der Waals surface area contributed by atoms with Crippen molar-refractivity contribution in [3.8, 4) is 0 Å². The van der Waals surface area contributed by atoms with Crippen LogP contribution in [0.1, 0.15) is 42.4 Å². The summed E-state index contributed by atoms with van der Waals surface area (Å²) in [5, 5.41) is 4.22. The van der Waals surface area contributed by atoms with Gasteiger partial charge in [-0.2, -0.15) is 5.10 Å². The molecule has 3 rings (SSSR count). The molecule has 1 saturated heterocycles. The summed E-state index contributed by atoms with van der Waals surface area (Å²) in [6, 6.07) is 3.62. The number of ether oxygens (including phenoxy) is 1. The van der Waals surface area contributed by atoms with Crippen LogP contribution in [0, 0.1) is 6.92 Å². The number of nitrogens with zero attached hydrogens (tertiary/aromatic N) is 4. The van der Waals surface area contributed by atoms with Gasteiger partial charge in [0.05, 0.1) is 12.3 Å². The number of likely N-dealkylation sites (tertiary alicyclic amines) is 1. The Labute approximate surface area is 130 Å². The van der Waals surface area contributed by atoms with E-state index in [4.69, 9.17) is 4.74 Å². The molecule has 0 bridgehead atoms. The summed E-state index contributed by atoms with van der Waals surface area (Å²) in [6.45, 7) is 6.18. The zero-order valence-electron chi connectivity index (χ0n) is 13.2. The molecule has 22 heavy (non-hydrogen) atoms. The van der Waals surface area contributed by atoms with Crippen molar-refractivity contribution in [3.05, 3.63) is 29.7 Å². The first kappa shape index (κ1) is 15.0. The van der Waals surface area contributed by atoms with Gasteiger partial charge in [-0.15, -0.1) is 0 Å². The molecule has 1 atom stereocenters. The first-order valence-electron chi connectivity index (χ1n) is 7.91. The zero-order chi connectivity index (χ0) is 15.5. The highest BCUT2D eigenvalue weighted by atomic mass is 16.5. The van der Waals surface area contributed by atoms with E-state index in [1.54, 1.807) is 16.8 Å². The van der Waals surface area contributed by atoms with E-state index in [1.807, 2.05) is 17.9 Å². The van der Waals surface area contributed by atoms with Crippen LogP contribution in [0.4, 0.5) is 0 Å². The summed E-state index contributed by atoms with van der Waals surface area (Å²) in [4.78, 5) is 19.1. The molecule has 0 aromatic carbocycles. The van der Waals surface area contributed by atoms with Crippen LogP contribution in [0.15, 0.2) is 18.3 Å². The number of hydrogen-bond acceptors (Lipinski definition) is 4. The lowest BCUT2D eigenvalue weighted by Crippen LogP contribution is -2.44. The number of aromatic nitrogens is 3. The predicted molar refractivity (Wildman–Crippen MR) is 82.9 cm³/mol. The zero-order valence-corrected chi connectivity index (χ0v) is 13.2. The number of amides is 1. The van der Waals surface area contributed by atoms with Gasteiger partial charge in [0.25, 0.3) is 5.91 Å². The normalized spacial score (nSPS) is 18.8. The SMILES string of the molecule is CCCO[C@@H]1CCCN(C(=O)c2cc(C)nc3ccnn23)C1. The van der Waals surface area contributed by atoms with Crippen molar-refractivity contribution in [1.29, 1.82) is 0 Å². The van der Waals surface area contributed by atoms with E-state index in [-0.39, 0.29) is 12.0 Å². The van der Waals surface area contributed by atoms with Crippen LogP contribution in [-0.2, 0) is 4.74 Å². The number of carbonyl (C=O) groups is 1. The van der Waals surface area contributed by atoms with Gasteiger partial charge >= 0.3 is 0 Å². The van der Waals surface area contributed by atoms with Gasteiger partial charge in [0.15, 0.2) is 5.65 Å². The van der Waals surface area contributed by atoms with Crippen molar-refractivity contribution in [2.75, 3.05) is 19.7 Å². The average Bonchev–Trinajstić information content (AvgIpc) is 2.99. The Kier molecular flexibility index (Phi) is 4.38. The van der Waals surface area contributed by atoms with Crippen LogP contribution in [0.25, 0.3) is 5.65 Å². The Morgan fingerprint density at radius 2 is 2.36 bits per heavy atom. The molecule has 0 unspecified atom stereocenters. The molecule has 118 valence electrons. The van der Waals surface area contributed by atoms with Crippen molar-refractivity contribution < 1.29 is 9.53 Å². The largest absolute Gasteiger partial charge is 0.376 e. The Balaban J connectivity index is 1.81. The number of carbonyl (C=O) groups excluding carboxylic acids is 1. The van der Waals surface area contributed by atoms with Crippen LogP contribution >= 0.6 is 0 Å². The molecule has 3 heterocycles. The van der Waals surface area contributed by atoms with E-state index in [9.17, 15) is 4.79 Å². The summed E-state index contributed by atoms with van der Waals surface area (Å²) < 4.78 is 7.43. The summed E-state index contributed by atoms with van der Waals surface area (Å²) in [7, 11) is 0. The molecule has 2 aromatic rings. The molecule has 1 amide bonds. The van der Waals surface area contributed by atoms with E-state index in [1.165, 1.54) is 0 Å². The lowest BCUT2D eigenvalue weighted by Gasteiger charge is -2.32. The summed E-state index contributed by atoms with van der Waals surface area (Å²) in [5.41, 5.74) is 2.11. The second-order valence-corrected chi connectivity index (χ2v) is 5.77. The molecular formula is C16H22N4O2. The van der Waals surface area contributed by atoms with E-state index >= 15 is 0 Å². The van der Waals surface area contributed by atoms with Crippen molar-refractivity contribution >= 4 is 11.6 Å². The third kappa shape index (κ3) is 2.97. The van der Waals surface area contributed by atoms with Crippen LogP contribution in [0.3, 0.4) is 0 Å². The second-order valence-electron chi connectivity index (χ2n) is 5.77. The molecule has 1 aliphatic heterocycles. The third-order valence-corrected chi connectivity index (χ3v) is 3.93. The molecule has 1 aliphatic rings. The fraction of sp³-hybridized carbons (Fsp3) is 0.562. The molecule has 6 nitrogen and oxygen atoms in total. The summed E-state index contributed by atoms with van der Waals surface area (Å²) >= 11 is 0. The Hall–Kier alpha value is -1.95. The highest BCUT2D eigenvalue weighted by molar-refractivity contribution is 5.93. The van der Waals surface area contributed by atoms with Crippen LogP contribution in [0.2, 0.25) is 0 Å². The van der Waals surface area contributed by atoms with E-state index in [2.05, 4.69) is 17.0 Å². The highest BCUT2D eigenvalue weighted by Crippen LogP contribution is 2.17. The predicted octanol–water partition coefficient (Wildman–Crippen LogP) is 2.07. The molecule has 1 fully saturated rings. The van der Waals surface area contributed by atoms with Crippen molar-refractivity contribution in [2.45, 2.75) is 39.2 Å². The minimum atomic E-state index is 0.00370. The summed E-state index contributed by atoms with van der Waals surface area (Å²) in [5.74, 6) is 0.00370. The fourth-order valence-electron chi connectivity index (χ4n) is 2.90. The third-order valence-electron chi connectivity index (χ3n) is 3.93. The molecule has 0 spiro atoms. The van der Waals surface area contributed by atoms with Gasteiger partial charge < -0.3 is 9.64 Å². The number of aryl methyl sites for hydroxylation is 1. The van der Waals surface area contributed by atoms with Crippen LogP contribution < -0.4 is 0 Å². The summed E-state index contributed by atoms with van der Waals surface area (Å²) in [6.07, 6.45) is 4.82. The number of piperidine rings is 1. The lowest BCUT2D eigenvalue weighted by atomic mass is 10.1. The fourth-order valence-corrected chi connectivity index (χ4v) is 2.90. The van der Waals surface area contributed by atoms with Gasteiger partial charge in [-0.25, -0.2) is 9.50 Å². The van der Waals surface area contributed by atoms with Crippen LogP contribution in [-0.4, -0.2) is 51.2 Å². The average molecular weight is 302 g/mol. The Morgan fingerprint density at radius 3 is 3.18 bits per heavy atom. The molecule has 0 radical (unpaired) electrons. The van der Waals surface area contributed by atoms with Crippen LogP contribution in [0.5, 0.6) is 0 Å². The number of fused-ring (bicyclic) bond motifs is 1. The highest BCUT2D eigenvalue weighted by Gasteiger charge is 2.26. The van der Waals surface area contributed by atoms with E-state index < -0.39 is 0 Å². The van der Waals surface area contributed by atoms with Crippen molar-refractivity contribution in [1.82, 2.24) is 19.5 Å². The number of rotatable bonds is 4. The Morgan fingerprint density at radius 1 is 1.50 bits per heavy atom. The Bertz CT molecular complexity index is 667. The first-order chi connectivity index (χ1) is 10.7. The topological polar surface area (TPSA) is 59.7 Å². The van der Waals surface area contributed by atoms with Crippen molar-refractivity contribution in [3.63, 3.8) is 0 Å². The van der Waals surface area contributed by atoms with Gasteiger partial charge in [0.2, 0.25) is 0 Å². The maximum absolute atomic E-state index is 12.9. The van der Waals surface area contributed by atoms with Gasteiger partial charge in [-0.3, -0.25) is 4.79 Å². The van der Waals surface area contributed by atoms with Gasteiger partial charge in [0.1, 0.15) is 5.69 Å². The second kappa shape index (κ2) is 6.44. The smallest absolute Gasteiger partial charge is 0.272 e. The van der Waals surface area contributed by atoms with E-state index in [0.29, 0.717) is 17.9 Å². The van der Waals surface area contributed by atoms with Gasteiger partial charge in [-0.1, -0.05) is 6.92 Å². The molecule has 0 N–H and O–H groups in total.